The summed E-state index contributed by atoms with van der Waals surface area (Å²) in [6.45, 7) is 2.76. The molecule has 0 spiro atoms. The van der Waals surface area contributed by atoms with Crippen molar-refractivity contribution in [3.8, 4) is 17.2 Å². The number of aldehydes is 1. The van der Waals surface area contributed by atoms with Gasteiger partial charge in [-0.15, -0.1) is 0 Å². The molecule has 0 aromatic heterocycles. The predicted molar refractivity (Wildman–Crippen MR) is 97.9 cm³/mol. The van der Waals surface area contributed by atoms with Gasteiger partial charge in [0, 0.05) is 5.33 Å². The highest BCUT2D eigenvalue weighted by atomic mass is 79.9. The Morgan fingerprint density at radius 3 is 2.75 bits per heavy atom. The standard InChI is InChI=1S/C18H18BrClO4/c1-12-13(4-2-5-17(12)23-9-3-8-19)11-24-18-14(10-21)15(20)6-7-16(18)22/h2,4-7,10,22H,3,8-9,11H2,1H3. The molecule has 2 aromatic rings. The van der Waals surface area contributed by atoms with Crippen molar-refractivity contribution in [3.63, 3.8) is 0 Å². The third-order valence-electron chi connectivity index (χ3n) is 3.54. The number of ether oxygens (including phenoxy) is 2. The van der Waals surface area contributed by atoms with Crippen LogP contribution < -0.4 is 9.47 Å². The molecule has 6 heteroatoms. The second-order valence-electron chi connectivity index (χ2n) is 5.15. The first-order valence-electron chi connectivity index (χ1n) is 7.45. The van der Waals surface area contributed by atoms with E-state index >= 15 is 0 Å². The van der Waals surface area contributed by atoms with Crippen molar-refractivity contribution in [2.45, 2.75) is 20.0 Å². The smallest absolute Gasteiger partial charge is 0.173 e. The lowest BCUT2D eigenvalue weighted by molar-refractivity contribution is 0.111. The van der Waals surface area contributed by atoms with Gasteiger partial charge in [-0.1, -0.05) is 39.7 Å². The summed E-state index contributed by atoms with van der Waals surface area (Å²) in [5, 5.41) is 11.0. The van der Waals surface area contributed by atoms with E-state index in [-0.39, 0.29) is 28.7 Å². The molecule has 0 aliphatic heterocycles. The van der Waals surface area contributed by atoms with Crippen LogP contribution in [0.15, 0.2) is 30.3 Å². The van der Waals surface area contributed by atoms with Crippen molar-refractivity contribution >= 4 is 33.8 Å². The summed E-state index contributed by atoms with van der Waals surface area (Å²) in [4.78, 5) is 11.2. The third-order valence-corrected chi connectivity index (χ3v) is 4.43. The average Bonchev–Trinajstić information content (AvgIpc) is 2.58. The molecular formula is C18H18BrClO4. The van der Waals surface area contributed by atoms with E-state index < -0.39 is 0 Å². The fraction of sp³-hybridized carbons (Fsp3) is 0.278. The van der Waals surface area contributed by atoms with Gasteiger partial charge in [-0.3, -0.25) is 4.79 Å². The van der Waals surface area contributed by atoms with Gasteiger partial charge in [0.25, 0.3) is 0 Å². The van der Waals surface area contributed by atoms with Gasteiger partial charge in [0.15, 0.2) is 17.8 Å². The summed E-state index contributed by atoms with van der Waals surface area (Å²) in [5.74, 6) is 0.759. The Labute approximate surface area is 154 Å². The van der Waals surface area contributed by atoms with E-state index in [0.29, 0.717) is 12.9 Å². The minimum absolute atomic E-state index is 0.0857. The second-order valence-corrected chi connectivity index (χ2v) is 6.35. The SMILES string of the molecule is Cc1c(COc2c(O)ccc(Cl)c2C=O)cccc1OCCCBr. The molecule has 0 aliphatic rings. The Balaban J connectivity index is 2.17. The zero-order valence-electron chi connectivity index (χ0n) is 13.2. The third kappa shape index (κ3) is 4.42. The molecule has 2 rings (SSSR count). The van der Waals surface area contributed by atoms with E-state index in [9.17, 15) is 9.90 Å². The zero-order chi connectivity index (χ0) is 17.5. The largest absolute Gasteiger partial charge is 0.504 e. The monoisotopic (exact) mass is 412 g/mol. The van der Waals surface area contributed by atoms with Gasteiger partial charge in [0.05, 0.1) is 17.2 Å². The zero-order valence-corrected chi connectivity index (χ0v) is 15.6. The van der Waals surface area contributed by atoms with E-state index in [4.69, 9.17) is 21.1 Å². The molecule has 0 saturated carbocycles. The van der Waals surface area contributed by atoms with Crippen molar-refractivity contribution < 1.29 is 19.4 Å². The minimum atomic E-state index is -0.121. The van der Waals surface area contributed by atoms with Crippen LogP contribution in [0.1, 0.15) is 27.9 Å². The maximum Gasteiger partial charge on any atom is 0.173 e. The van der Waals surface area contributed by atoms with Crippen LogP contribution in [-0.4, -0.2) is 23.3 Å². The van der Waals surface area contributed by atoms with Crippen LogP contribution >= 0.6 is 27.5 Å². The molecule has 24 heavy (non-hydrogen) atoms. The Hall–Kier alpha value is -1.72. The predicted octanol–water partition coefficient (Wildman–Crippen LogP) is 4.91. The Kier molecular flexibility index (Phi) is 6.94. The van der Waals surface area contributed by atoms with E-state index in [1.165, 1.54) is 12.1 Å². The molecule has 0 bridgehead atoms. The van der Waals surface area contributed by atoms with Gasteiger partial charge < -0.3 is 14.6 Å². The van der Waals surface area contributed by atoms with Crippen molar-refractivity contribution in [1.29, 1.82) is 0 Å². The highest BCUT2D eigenvalue weighted by Crippen LogP contribution is 2.35. The van der Waals surface area contributed by atoms with Gasteiger partial charge >= 0.3 is 0 Å². The molecule has 128 valence electrons. The van der Waals surface area contributed by atoms with Crippen LogP contribution in [0.5, 0.6) is 17.2 Å². The van der Waals surface area contributed by atoms with Crippen LogP contribution in [-0.2, 0) is 6.61 Å². The highest BCUT2D eigenvalue weighted by Gasteiger charge is 2.14. The molecule has 2 aromatic carbocycles. The topological polar surface area (TPSA) is 55.8 Å². The number of rotatable bonds is 8. The highest BCUT2D eigenvalue weighted by molar-refractivity contribution is 9.09. The first kappa shape index (κ1) is 18.6. The van der Waals surface area contributed by atoms with Gasteiger partial charge in [0.2, 0.25) is 0 Å². The number of hydrogen-bond acceptors (Lipinski definition) is 4. The lowest BCUT2D eigenvalue weighted by Gasteiger charge is -2.15. The molecule has 0 saturated heterocycles. The van der Waals surface area contributed by atoms with E-state index in [2.05, 4.69) is 15.9 Å². The number of phenols is 1. The Morgan fingerprint density at radius 1 is 1.25 bits per heavy atom. The average molecular weight is 414 g/mol. The molecule has 0 aliphatic carbocycles. The molecule has 4 nitrogen and oxygen atoms in total. The number of alkyl halides is 1. The molecule has 0 heterocycles. The van der Waals surface area contributed by atoms with Crippen molar-refractivity contribution in [1.82, 2.24) is 0 Å². The molecule has 0 atom stereocenters. The van der Waals surface area contributed by atoms with E-state index in [1.807, 2.05) is 25.1 Å². The lowest BCUT2D eigenvalue weighted by atomic mass is 10.1. The van der Waals surface area contributed by atoms with Gasteiger partial charge in [-0.2, -0.15) is 0 Å². The Bertz CT molecular complexity index is 718. The summed E-state index contributed by atoms with van der Waals surface area (Å²) in [7, 11) is 0. The van der Waals surface area contributed by atoms with Crippen LogP contribution in [0.25, 0.3) is 0 Å². The maximum absolute atomic E-state index is 11.2. The van der Waals surface area contributed by atoms with Crippen LogP contribution in [0, 0.1) is 6.92 Å². The quantitative estimate of drug-likeness (QED) is 0.379. The molecule has 0 fully saturated rings. The fourth-order valence-corrected chi connectivity index (χ4v) is 2.61. The number of hydrogen-bond donors (Lipinski definition) is 1. The van der Waals surface area contributed by atoms with Crippen LogP contribution in [0.4, 0.5) is 0 Å². The maximum atomic E-state index is 11.2. The van der Waals surface area contributed by atoms with Crippen molar-refractivity contribution in [3.05, 3.63) is 52.0 Å². The summed E-state index contributed by atoms with van der Waals surface area (Å²) in [5.41, 5.74) is 2.00. The first-order valence-corrected chi connectivity index (χ1v) is 8.95. The fourth-order valence-electron chi connectivity index (χ4n) is 2.18. The molecule has 0 unspecified atom stereocenters. The van der Waals surface area contributed by atoms with Gasteiger partial charge in [-0.25, -0.2) is 0 Å². The number of aromatic hydroxyl groups is 1. The first-order chi connectivity index (χ1) is 11.6. The van der Waals surface area contributed by atoms with E-state index in [1.54, 1.807) is 0 Å². The number of carbonyl (C=O) groups is 1. The normalized spacial score (nSPS) is 10.5. The molecular weight excluding hydrogens is 396 g/mol. The van der Waals surface area contributed by atoms with E-state index in [0.717, 1.165) is 28.6 Å². The summed E-state index contributed by atoms with van der Waals surface area (Å²) >= 11 is 9.33. The number of phenolic OH excluding ortho intramolecular Hbond substituents is 1. The molecule has 0 amide bonds. The summed E-state index contributed by atoms with van der Waals surface area (Å²) < 4.78 is 11.4. The van der Waals surface area contributed by atoms with Crippen LogP contribution in [0.2, 0.25) is 5.02 Å². The molecule has 0 radical (unpaired) electrons. The number of benzene rings is 2. The summed E-state index contributed by atoms with van der Waals surface area (Å²) in [6.07, 6.45) is 1.49. The number of carbonyl (C=O) groups excluding carboxylic acids is 1. The minimum Gasteiger partial charge on any atom is -0.504 e. The number of halogens is 2. The van der Waals surface area contributed by atoms with Crippen molar-refractivity contribution in [2.75, 3.05) is 11.9 Å². The summed E-state index contributed by atoms with van der Waals surface area (Å²) in [6, 6.07) is 8.55. The Morgan fingerprint density at radius 2 is 2.04 bits per heavy atom. The lowest BCUT2D eigenvalue weighted by Crippen LogP contribution is -2.04. The second kappa shape index (κ2) is 8.94. The van der Waals surface area contributed by atoms with Gasteiger partial charge in [0.1, 0.15) is 12.4 Å². The molecule has 1 N–H and O–H groups in total. The van der Waals surface area contributed by atoms with Crippen LogP contribution in [0.3, 0.4) is 0 Å². The van der Waals surface area contributed by atoms with Crippen molar-refractivity contribution in [2.24, 2.45) is 0 Å². The van der Waals surface area contributed by atoms with Gasteiger partial charge in [-0.05, 0) is 42.7 Å².